The first-order chi connectivity index (χ1) is 14.2. The molecule has 0 aromatic carbocycles. The highest BCUT2D eigenvalue weighted by Gasteiger charge is 2.15. The van der Waals surface area contributed by atoms with Crippen LogP contribution in [-0.4, -0.2) is 132 Å². The summed E-state index contributed by atoms with van der Waals surface area (Å²) in [5.74, 6) is -2.61. The van der Waals surface area contributed by atoms with Crippen LogP contribution in [0.4, 0.5) is 0 Å². The summed E-state index contributed by atoms with van der Waals surface area (Å²) in [5, 5.41) is 27.1. The molecule has 0 bridgehead atoms. The first kappa shape index (κ1) is 28.2. The molecule has 10 heteroatoms. The first-order valence-electron chi connectivity index (χ1n) is 10.7. The summed E-state index contributed by atoms with van der Waals surface area (Å²) in [6.45, 7) is 9.38. The van der Waals surface area contributed by atoms with Gasteiger partial charge in [-0.2, -0.15) is 0 Å². The minimum atomic E-state index is -0.893. The third kappa shape index (κ3) is 16.1. The lowest BCUT2D eigenvalue weighted by molar-refractivity contribution is -0.140. The monoisotopic (exact) mass is 432 g/mol. The van der Waals surface area contributed by atoms with E-state index in [1.807, 2.05) is 16.7 Å². The Labute approximate surface area is 180 Å². The van der Waals surface area contributed by atoms with Crippen LogP contribution in [0, 0.1) is 0 Å². The zero-order valence-electron chi connectivity index (χ0n) is 18.8. The van der Waals surface area contributed by atoms with Gasteiger partial charge >= 0.3 is 17.9 Å². The van der Waals surface area contributed by atoms with Gasteiger partial charge in [0.1, 0.15) is 0 Å². The van der Waals surface area contributed by atoms with Crippen molar-refractivity contribution >= 4 is 17.9 Å². The number of carboxylic acids is 3. The molecule has 0 saturated heterocycles. The van der Waals surface area contributed by atoms with E-state index in [9.17, 15) is 19.5 Å². The smallest absolute Gasteiger partial charge is 0.317 e. The van der Waals surface area contributed by atoms with Crippen molar-refractivity contribution in [1.82, 2.24) is 19.6 Å². The molecule has 0 spiro atoms. The van der Waals surface area contributed by atoms with Crippen LogP contribution in [0.25, 0.3) is 0 Å². The normalized spacial score (nSPS) is 11.7. The van der Waals surface area contributed by atoms with E-state index in [1.165, 1.54) is 0 Å². The van der Waals surface area contributed by atoms with Crippen LogP contribution in [0.15, 0.2) is 0 Å². The molecule has 0 unspecified atom stereocenters. The predicted octanol–water partition coefficient (Wildman–Crippen LogP) is 0.288. The van der Waals surface area contributed by atoms with E-state index in [1.54, 1.807) is 11.9 Å². The lowest BCUT2D eigenvalue weighted by atomic mass is 10.3. The molecule has 0 aliphatic carbocycles. The number of unbranched alkanes of at least 4 members (excludes halogenated alkanes) is 1. The van der Waals surface area contributed by atoms with E-state index in [2.05, 4.69) is 11.8 Å². The summed E-state index contributed by atoms with van der Waals surface area (Å²) in [6.07, 6.45) is 2.68. The maximum atomic E-state index is 11.2. The molecule has 0 amide bonds. The summed E-state index contributed by atoms with van der Waals surface area (Å²) in [7, 11) is 1.78. The summed E-state index contributed by atoms with van der Waals surface area (Å²) in [5.41, 5.74) is 0. The largest absolute Gasteiger partial charge is 0.480 e. The number of nitrogens with zero attached hydrogens (tertiary/aromatic N) is 4. The average molecular weight is 433 g/mol. The Morgan fingerprint density at radius 1 is 0.600 bits per heavy atom. The Morgan fingerprint density at radius 2 is 1.03 bits per heavy atom. The number of rotatable bonds is 20. The van der Waals surface area contributed by atoms with Gasteiger partial charge in [-0.05, 0) is 39.5 Å². The van der Waals surface area contributed by atoms with Gasteiger partial charge < -0.3 is 20.2 Å². The molecule has 0 atom stereocenters. The van der Waals surface area contributed by atoms with Crippen LogP contribution in [-0.2, 0) is 14.4 Å². The Morgan fingerprint density at radius 3 is 1.47 bits per heavy atom. The summed E-state index contributed by atoms with van der Waals surface area (Å²) >= 11 is 0. The molecule has 30 heavy (non-hydrogen) atoms. The van der Waals surface area contributed by atoms with Crippen molar-refractivity contribution in [3.63, 3.8) is 0 Å². The maximum Gasteiger partial charge on any atom is 0.317 e. The molecular weight excluding hydrogens is 392 g/mol. The number of carboxylic acid groups (broad SMARTS) is 3. The van der Waals surface area contributed by atoms with Crippen molar-refractivity contribution in [1.29, 1.82) is 0 Å². The van der Waals surface area contributed by atoms with Gasteiger partial charge in [0.2, 0.25) is 0 Å². The van der Waals surface area contributed by atoms with E-state index >= 15 is 0 Å². The van der Waals surface area contributed by atoms with Crippen molar-refractivity contribution < 1.29 is 29.7 Å². The lowest BCUT2D eigenvalue weighted by Gasteiger charge is -2.27. The standard InChI is InChI=1S/C20H40N4O6/c1-4-6-8-23(16-19(27)28)13-14-24(17-20(29)30)10-7-9-22(5-2)12-11-21(3)15-18(25)26/h4-17H2,1-3H3,(H,25,26)(H,27,28)(H,29,30). The Hall–Kier alpha value is -1.75. The van der Waals surface area contributed by atoms with E-state index in [-0.39, 0.29) is 19.6 Å². The van der Waals surface area contributed by atoms with Crippen molar-refractivity contribution in [2.75, 3.05) is 79.0 Å². The summed E-state index contributed by atoms with van der Waals surface area (Å²) in [4.78, 5) is 40.7. The molecule has 0 radical (unpaired) electrons. The minimum absolute atomic E-state index is 0.00875. The zero-order chi connectivity index (χ0) is 22.9. The highest BCUT2D eigenvalue weighted by molar-refractivity contribution is 5.69. The topological polar surface area (TPSA) is 125 Å². The molecule has 0 fully saturated rings. The SMILES string of the molecule is CCCCN(CCN(CCCN(CC)CCN(C)CC(=O)O)CC(=O)O)CC(=O)O. The Bertz CT molecular complexity index is 506. The first-order valence-corrected chi connectivity index (χ1v) is 10.7. The van der Waals surface area contributed by atoms with Crippen molar-refractivity contribution in [3.8, 4) is 0 Å². The lowest BCUT2D eigenvalue weighted by Crippen LogP contribution is -2.41. The summed E-state index contributed by atoms with van der Waals surface area (Å²) in [6, 6.07) is 0. The Kier molecular flexibility index (Phi) is 16.0. The number of likely N-dealkylation sites (N-methyl/N-ethyl adjacent to an activating group) is 2. The highest BCUT2D eigenvalue weighted by Crippen LogP contribution is 2.00. The molecule has 0 rings (SSSR count). The van der Waals surface area contributed by atoms with E-state index in [4.69, 9.17) is 10.2 Å². The molecular formula is C20H40N4O6. The minimum Gasteiger partial charge on any atom is -0.480 e. The van der Waals surface area contributed by atoms with Crippen molar-refractivity contribution in [2.24, 2.45) is 0 Å². The van der Waals surface area contributed by atoms with Crippen molar-refractivity contribution in [2.45, 2.75) is 33.1 Å². The van der Waals surface area contributed by atoms with Gasteiger partial charge in [0.15, 0.2) is 0 Å². The maximum absolute atomic E-state index is 11.2. The van der Waals surface area contributed by atoms with Crippen LogP contribution in [0.2, 0.25) is 0 Å². The molecule has 10 nitrogen and oxygen atoms in total. The third-order valence-corrected chi connectivity index (χ3v) is 4.88. The van der Waals surface area contributed by atoms with Gasteiger partial charge in [-0.15, -0.1) is 0 Å². The van der Waals surface area contributed by atoms with Gasteiger partial charge in [-0.1, -0.05) is 20.3 Å². The zero-order valence-corrected chi connectivity index (χ0v) is 18.8. The van der Waals surface area contributed by atoms with E-state index < -0.39 is 17.9 Å². The van der Waals surface area contributed by atoms with Gasteiger partial charge in [-0.25, -0.2) is 0 Å². The highest BCUT2D eigenvalue weighted by atomic mass is 16.4. The second kappa shape index (κ2) is 17.0. The van der Waals surface area contributed by atoms with E-state index in [0.717, 1.165) is 38.9 Å². The van der Waals surface area contributed by atoms with Gasteiger partial charge in [-0.3, -0.25) is 29.1 Å². The molecule has 0 saturated carbocycles. The third-order valence-electron chi connectivity index (χ3n) is 4.88. The van der Waals surface area contributed by atoms with Gasteiger partial charge in [0.05, 0.1) is 19.6 Å². The molecule has 0 heterocycles. The van der Waals surface area contributed by atoms with Crippen LogP contribution < -0.4 is 0 Å². The van der Waals surface area contributed by atoms with Crippen LogP contribution in [0.3, 0.4) is 0 Å². The number of aliphatic carboxylic acids is 3. The predicted molar refractivity (Wildman–Crippen MR) is 115 cm³/mol. The quantitative estimate of drug-likeness (QED) is 0.247. The van der Waals surface area contributed by atoms with Crippen LogP contribution >= 0.6 is 0 Å². The molecule has 0 aliphatic heterocycles. The molecule has 0 aromatic rings. The molecule has 176 valence electrons. The van der Waals surface area contributed by atoms with Gasteiger partial charge in [0, 0.05) is 32.7 Å². The van der Waals surface area contributed by atoms with Gasteiger partial charge in [0.25, 0.3) is 0 Å². The van der Waals surface area contributed by atoms with Crippen LogP contribution in [0.1, 0.15) is 33.1 Å². The molecule has 0 aromatic heterocycles. The van der Waals surface area contributed by atoms with Crippen LogP contribution in [0.5, 0.6) is 0 Å². The fraction of sp³-hybridized carbons (Fsp3) is 0.850. The fourth-order valence-electron chi connectivity index (χ4n) is 3.16. The Balaban J connectivity index is 4.50. The molecule has 3 N–H and O–H groups in total. The number of carbonyl (C=O) groups is 3. The number of hydrogen-bond donors (Lipinski definition) is 3. The summed E-state index contributed by atoms with van der Waals surface area (Å²) < 4.78 is 0. The fourth-order valence-corrected chi connectivity index (χ4v) is 3.16. The average Bonchev–Trinajstić information content (AvgIpc) is 2.64. The second-order valence-electron chi connectivity index (χ2n) is 7.61. The van der Waals surface area contributed by atoms with E-state index in [0.29, 0.717) is 32.7 Å². The van der Waals surface area contributed by atoms with Crippen molar-refractivity contribution in [3.05, 3.63) is 0 Å². The number of hydrogen-bond acceptors (Lipinski definition) is 7. The molecule has 0 aliphatic rings. The second-order valence-corrected chi connectivity index (χ2v) is 7.61.